The van der Waals surface area contributed by atoms with E-state index >= 15 is 0 Å². The zero-order valence-corrected chi connectivity index (χ0v) is 20.5. The number of amides is 2. The van der Waals surface area contributed by atoms with Gasteiger partial charge in [0, 0.05) is 25.2 Å². The van der Waals surface area contributed by atoms with Crippen LogP contribution in [0.15, 0.2) is 70.4 Å². The van der Waals surface area contributed by atoms with Crippen molar-refractivity contribution >= 4 is 11.8 Å². The molecule has 5 atom stereocenters. The topological polar surface area (TPSA) is 181 Å². The molecule has 13 nitrogen and oxygen atoms in total. The van der Waals surface area contributed by atoms with Crippen LogP contribution in [0.4, 0.5) is 0 Å². The van der Waals surface area contributed by atoms with Gasteiger partial charge in [0.05, 0.1) is 0 Å². The van der Waals surface area contributed by atoms with Crippen LogP contribution < -0.4 is 31.4 Å². The molecule has 0 bridgehead atoms. The average Bonchev–Trinajstić information content (AvgIpc) is 3.51. The Morgan fingerprint density at radius 2 is 1.77 bits per heavy atom. The minimum atomic E-state index is -1.71. The third-order valence-corrected chi connectivity index (χ3v) is 6.44. The highest BCUT2D eigenvalue weighted by Crippen LogP contribution is 2.32. The monoisotopic (exact) mass is 538 g/mol. The summed E-state index contributed by atoms with van der Waals surface area (Å²) in [6.45, 7) is 0.271. The summed E-state index contributed by atoms with van der Waals surface area (Å²) in [6.07, 6.45) is -5.17. The van der Waals surface area contributed by atoms with E-state index in [2.05, 4.69) is 10.6 Å². The van der Waals surface area contributed by atoms with Gasteiger partial charge in [-0.05, 0) is 23.3 Å². The van der Waals surface area contributed by atoms with Crippen LogP contribution in [0.5, 0.6) is 11.5 Å². The molecule has 0 spiro atoms. The summed E-state index contributed by atoms with van der Waals surface area (Å²) in [5, 5.41) is 26.4. The Morgan fingerprint density at radius 3 is 2.54 bits per heavy atom. The number of aromatic nitrogens is 2. The smallest absolute Gasteiger partial charge is 0.330 e. The maximum absolute atomic E-state index is 13.2. The molecule has 1 saturated heterocycles. The molecule has 5 N–H and O–H groups in total. The number of carbonyl (C=O) groups excluding carboxylic acids is 2. The largest absolute Gasteiger partial charge is 0.454 e. The Balaban J connectivity index is 1.30. The van der Waals surface area contributed by atoms with Crippen LogP contribution in [0.2, 0.25) is 0 Å². The molecule has 0 saturated carbocycles. The van der Waals surface area contributed by atoms with Crippen LogP contribution in [-0.4, -0.2) is 62.7 Å². The molecule has 2 aliphatic rings. The molecule has 5 rings (SSSR count). The molecule has 0 unspecified atom stereocenters. The summed E-state index contributed by atoms with van der Waals surface area (Å²) in [7, 11) is 0. The highest BCUT2D eigenvalue weighted by atomic mass is 16.7. The molecule has 0 aliphatic carbocycles. The second-order valence-corrected chi connectivity index (χ2v) is 9.10. The number of hydrogen-bond donors (Lipinski definition) is 5. The second kappa shape index (κ2) is 11.1. The Hall–Kier alpha value is -4.46. The van der Waals surface area contributed by atoms with Gasteiger partial charge in [-0.2, -0.15) is 0 Å². The van der Waals surface area contributed by atoms with Gasteiger partial charge in [0.15, 0.2) is 23.8 Å². The number of fused-ring (bicyclic) bond motifs is 1. The fraction of sp³-hybridized carbons (Fsp3) is 0.308. The van der Waals surface area contributed by atoms with Gasteiger partial charge in [-0.15, -0.1) is 0 Å². The molecule has 1 fully saturated rings. The second-order valence-electron chi connectivity index (χ2n) is 9.10. The van der Waals surface area contributed by atoms with Gasteiger partial charge in [-0.3, -0.25) is 23.9 Å². The van der Waals surface area contributed by atoms with Gasteiger partial charge in [0.25, 0.3) is 11.5 Å². The van der Waals surface area contributed by atoms with E-state index in [1.807, 2.05) is 11.1 Å². The van der Waals surface area contributed by atoms with Gasteiger partial charge >= 0.3 is 5.69 Å². The van der Waals surface area contributed by atoms with Gasteiger partial charge < -0.3 is 35.1 Å². The minimum absolute atomic E-state index is 0.123. The van der Waals surface area contributed by atoms with Crippen LogP contribution in [0.25, 0.3) is 0 Å². The van der Waals surface area contributed by atoms with Gasteiger partial charge in [-0.1, -0.05) is 36.4 Å². The first kappa shape index (κ1) is 26.2. The van der Waals surface area contributed by atoms with Gasteiger partial charge in [0.2, 0.25) is 12.7 Å². The number of benzene rings is 2. The number of aliphatic hydroxyl groups excluding tert-OH is 2. The SMILES string of the molecule is O=C(N[C@H](Cc1ccccc1)C(=O)NCc1ccc2c(c1)OCO2)[C@H]1O[C@@H](n2ccc(=O)[nH]c2=O)[C@H](O)[C@@H]1O. The van der Waals surface area contributed by atoms with Crippen LogP contribution >= 0.6 is 0 Å². The molecule has 3 heterocycles. The maximum atomic E-state index is 13.2. The normalized spacial score (nSPS) is 22.3. The lowest BCUT2D eigenvalue weighted by atomic mass is 10.0. The van der Waals surface area contributed by atoms with Crippen molar-refractivity contribution < 1.29 is 34.0 Å². The van der Waals surface area contributed by atoms with Gasteiger partial charge in [-0.25, -0.2) is 4.79 Å². The first-order valence-corrected chi connectivity index (χ1v) is 12.1. The van der Waals surface area contributed by atoms with E-state index < -0.39 is 53.6 Å². The first-order chi connectivity index (χ1) is 18.8. The van der Waals surface area contributed by atoms with E-state index in [1.165, 1.54) is 0 Å². The Bertz CT molecular complexity index is 1470. The summed E-state index contributed by atoms with van der Waals surface area (Å²) in [5.74, 6) is -0.177. The molecule has 0 radical (unpaired) electrons. The Kier molecular flexibility index (Phi) is 7.45. The molecule has 204 valence electrons. The Labute approximate surface area is 221 Å². The summed E-state index contributed by atoms with van der Waals surface area (Å²) in [5.41, 5.74) is -0.0189. The zero-order chi connectivity index (χ0) is 27.5. The standard InChI is InChI=1S/C26H26N4O9/c31-19-8-9-30(26(36)29-19)25-21(33)20(32)22(39-25)24(35)28-16(10-14-4-2-1-3-5-14)23(34)27-12-15-6-7-17-18(11-15)38-13-37-17/h1-9,11,16,20-22,25,32-33H,10,12-13H2,(H,27,34)(H,28,35)(H,29,31,36)/t16-,20+,21-,22+,25-/m1/s1. The maximum Gasteiger partial charge on any atom is 0.330 e. The predicted octanol–water partition coefficient (Wildman–Crippen LogP) is -1.07. The number of hydrogen-bond acceptors (Lipinski definition) is 9. The molecule has 39 heavy (non-hydrogen) atoms. The van der Waals surface area contributed by atoms with Crippen molar-refractivity contribution in [2.75, 3.05) is 6.79 Å². The number of carbonyl (C=O) groups is 2. The molecular formula is C26H26N4O9. The van der Waals surface area contributed by atoms with E-state index in [4.69, 9.17) is 14.2 Å². The van der Waals surface area contributed by atoms with Crippen LogP contribution in [0.1, 0.15) is 17.4 Å². The van der Waals surface area contributed by atoms with E-state index in [0.717, 1.165) is 28.0 Å². The van der Waals surface area contributed by atoms with E-state index in [1.54, 1.807) is 42.5 Å². The molecule has 2 amide bonds. The predicted molar refractivity (Wildman–Crippen MR) is 134 cm³/mol. The number of nitrogens with one attached hydrogen (secondary N) is 3. The van der Waals surface area contributed by atoms with E-state index in [9.17, 15) is 29.4 Å². The van der Waals surface area contributed by atoms with Crippen molar-refractivity contribution in [1.82, 2.24) is 20.2 Å². The van der Waals surface area contributed by atoms with Crippen molar-refractivity contribution in [1.29, 1.82) is 0 Å². The molecule has 3 aromatic rings. The average molecular weight is 539 g/mol. The highest BCUT2D eigenvalue weighted by Gasteiger charge is 2.48. The van der Waals surface area contributed by atoms with Crippen molar-refractivity contribution in [3.8, 4) is 11.5 Å². The van der Waals surface area contributed by atoms with Crippen LogP contribution in [0.3, 0.4) is 0 Å². The number of nitrogens with zero attached hydrogens (tertiary/aromatic N) is 1. The van der Waals surface area contributed by atoms with Gasteiger partial charge in [0.1, 0.15) is 18.2 Å². The minimum Gasteiger partial charge on any atom is -0.454 e. The number of H-pyrrole nitrogens is 1. The van der Waals surface area contributed by atoms with Crippen molar-refractivity contribution in [3.63, 3.8) is 0 Å². The number of aliphatic hydroxyl groups is 2. The number of ether oxygens (including phenoxy) is 3. The third kappa shape index (κ3) is 5.70. The zero-order valence-electron chi connectivity index (χ0n) is 20.5. The highest BCUT2D eigenvalue weighted by molar-refractivity contribution is 5.90. The summed E-state index contributed by atoms with van der Waals surface area (Å²) in [6, 6.07) is 14.3. The van der Waals surface area contributed by atoms with E-state index in [-0.39, 0.29) is 19.8 Å². The quantitative estimate of drug-likeness (QED) is 0.239. The fourth-order valence-corrected chi connectivity index (χ4v) is 4.41. The molecular weight excluding hydrogens is 512 g/mol. The Morgan fingerprint density at radius 1 is 1.00 bits per heavy atom. The number of rotatable bonds is 8. The summed E-state index contributed by atoms with van der Waals surface area (Å²) >= 11 is 0. The lowest BCUT2D eigenvalue weighted by Crippen LogP contribution is -2.52. The molecule has 13 heteroatoms. The molecule has 2 aliphatic heterocycles. The fourth-order valence-electron chi connectivity index (χ4n) is 4.41. The molecule has 1 aromatic heterocycles. The van der Waals surface area contributed by atoms with Crippen molar-refractivity contribution in [3.05, 3.63) is 92.8 Å². The van der Waals surface area contributed by atoms with Crippen LogP contribution in [0, 0.1) is 0 Å². The van der Waals surface area contributed by atoms with E-state index in [0.29, 0.717) is 11.5 Å². The lowest BCUT2D eigenvalue weighted by Gasteiger charge is -2.22. The van der Waals surface area contributed by atoms with Crippen molar-refractivity contribution in [2.24, 2.45) is 0 Å². The molecule has 2 aromatic carbocycles. The third-order valence-electron chi connectivity index (χ3n) is 6.44. The first-order valence-electron chi connectivity index (χ1n) is 12.1. The number of aromatic amines is 1. The summed E-state index contributed by atoms with van der Waals surface area (Å²) in [4.78, 5) is 51.9. The van der Waals surface area contributed by atoms with Crippen LogP contribution in [-0.2, 0) is 27.3 Å². The lowest BCUT2D eigenvalue weighted by molar-refractivity contribution is -0.141. The van der Waals surface area contributed by atoms with Crippen molar-refractivity contribution in [2.45, 2.75) is 43.5 Å². The summed E-state index contributed by atoms with van der Waals surface area (Å²) < 4.78 is 17.1.